The predicted molar refractivity (Wildman–Crippen MR) is 68.7 cm³/mol. The van der Waals surface area contributed by atoms with Gasteiger partial charge >= 0.3 is 5.97 Å². The van der Waals surface area contributed by atoms with E-state index in [2.05, 4.69) is 0 Å². The molecule has 1 aromatic carbocycles. The lowest BCUT2D eigenvalue weighted by Crippen LogP contribution is -2.32. The first-order valence-electron chi connectivity index (χ1n) is 6.29. The van der Waals surface area contributed by atoms with E-state index in [1.807, 2.05) is 4.90 Å². The first-order valence-corrected chi connectivity index (χ1v) is 6.29. The number of nitrogens with zero attached hydrogens (tertiary/aromatic N) is 2. The van der Waals surface area contributed by atoms with Crippen molar-refractivity contribution in [2.75, 3.05) is 6.54 Å². The number of carboxylic acids is 1. The van der Waals surface area contributed by atoms with Crippen LogP contribution in [0.5, 0.6) is 0 Å². The van der Waals surface area contributed by atoms with Gasteiger partial charge in [0.05, 0.1) is 16.9 Å². The minimum absolute atomic E-state index is 0.171. The summed E-state index contributed by atoms with van der Waals surface area (Å²) in [6.45, 7) is 2.70. The van der Waals surface area contributed by atoms with Crippen molar-refractivity contribution in [1.82, 2.24) is 4.90 Å². The van der Waals surface area contributed by atoms with E-state index in [1.54, 1.807) is 6.92 Å². The second-order valence-electron chi connectivity index (χ2n) is 5.02. The summed E-state index contributed by atoms with van der Waals surface area (Å²) < 4.78 is 13.3. The molecule has 108 valence electrons. The molecule has 0 bridgehead atoms. The zero-order valence-electron chi connectivity index (χ0n) is 11.0. The minimum Gasteiger partial charge on any atom is -0.481 e. The average molecular weight is 282 g/mol. The molecule has 7 heteroatoms. The normalized spacial score (nSPS) is 22.9. The summed E-state index contributed by atoms with van der Waals surface area (Å²) in [7, 11) is 0. The third-order valence-electron chi connectivity index (χ3n) is 3.74. The molecule has 1 N–H and O–H groups in total. The molecule has 1 aliphatic heterocycles. The number of rotatable bonds is 4. The standard InChI is InChI=1S/C13H15FN2O4/c1-8-12(13(17)18)2-3-15(8)7-9-4-10(14)6-11(5-9)16(19)20/h4-6,8,12H,2-3,7H2,1H3,(H,17,18). The number of aliphatic carboxylic acids is 1. The largest absolute Gasteiger partial charge is 0.481 e. The minimum atomic E-state index is -0.842. The number of benzene rings is 1. The molecule has 1 fully saturated rings. The lowest BCUT2D eigenvalue weighted by atomic mass is 10.0. The van der Waals surface area contributed by atoms with Gasteiger partial charge in [-0.15, -0.1) is 0 Å². The van der Waals surface area contributed by atoms with Crippen LogP contribution in [0.4, 0.5) is 10.1 Å². The van der Waals surface area contributed by atoms with Crippen molar-refractivity contribution in [2.45, 2.75) is 25.9 Å². The fraction of sp³-hybridized carbons (Fsp3) is 0.462. The van der Waals surface area contributed by atoms with Crippen LogP contribution in [0.15, 0.2) is 18.2 Å². The van der Waals surface area contributed by atoms with E-state index < -0.39 is 22.6 Å². The fourth-order valence-electron chi connectivity index (χ4n) is 2.62. The van der Waals surface area contributed by atoms with Crippen LogP contribution < -0.4 is 0 Å². The van der Waals surface area contributed by atoms with Gasteiger partial charge in [-0.25, -0.2) is 4.39 Å². The van der Waals surface area contributed by atoms with Crippen LogP contribution in [-0.2, 0) is 11.3 Å². The van der Waals surface area contributed by atoms with Gasteiger partial charge in [-0.1, -0.05) is 0 Å². The molecule has 1 saturated heterocycles. The zero-order valence-corrected chi connectivity index (χ0v) is 11.0. The molecule has 0 amide bonds. The number of carbonyl (C=O) groups is 1. The fourth-order valence-corrected chi connectivity index (χ4v) is 2.62. The number of halogens is 1. The van der Waals surface area contributed by atoms with Crippen molar-refractivity contribution in [3.05, 3.63) is 39.7 Å². The Bertz CT molecular complexity index is 549. The maximum absolute atomic E-state index is 13.3. The predicted octanol–water partition coefficient (Wildman–Crippen LogP) is 2.03. The van der Waals surface area contributed by atoms with E-state index in [1.165, 1.54) is 12.1 Å². The molecule has 1 aliphatic rings. The molecular formula is C13H15FN2O4. The molecule has 0 radical (unpaired) electrons. The van der Waals surface area contributed by atoms with Gasteiger partial charge in [-0.3, -0.25) is 19.8 Å². The Kier molecular flexibility index (Phi) is 3.99. The third kappa shape index (κ3) is 2.93. The van der Waals surface area contributed by atoms with Crippen LogP contribution >= 0.6 is 0 Å². The molecular weight excluding hydrogens is 267 g/mol. The van der Waals surface area contributed by atoms with Gasteiger partial charge in [0.25, 0.3) is 5.69 Å². The van der Waals surface area contributed by atoms with Crippen LogP contribution in [0, 0.1) is 21.8 Å². The molecule has 6 nitrogen and oxygen atoms in total. The second kappa shape index (κ2) is 5.54. The molecule has 1 heterocycles. The average Bonchev–Trinajstić information content (AvgIpc) is 2.70. The van der Waals surface area contributed by atoms with Crippen molar-refractivity contribution >= 4 is 11.7 Å². The molecule has 2 rings (SSSR count). The summed E-state index contributed by atoms with van der Waals surface area (Å²) in [6, 6.07) is 3.27. The molecule has 2 unspecified atom stereocenters. The Labute approximate surface area is 115 Å². The summed E-state index contributed by atoms with van der Waals surface area (Å²) in [4.78, 5) is 23.0. The van der Waals surface area contributed by atoms with Crippen LogP contribution in [0.3, 0.4) is 0 Å². The number of likely N-dealkylation sites (tertiary alicyclic amines) is 1. The first kappa shape index (κ1) is 14.4. The summed E-state index contributed by atoms with van der Waals surface area (Å²) in [5.41, 5.74) is 0.191. The Balaban J connectivity index is 2.15. The highest BCUT2D eigenvalue weighted by Crippen LogP contribution is 2.27. The van der Waals surface area contributed by atoms with E-state index in [0.717, 1.165) is 6.07 Å². The number of hydrogen-bond donors (Lipinski definition) is 1. The van der Waals surface area contributed by atoms with E-state index >= 15 is 0 Å². The molecule has 0 aromatic heterocycles. The molecule has 20 heavy (non-hydrogen) atoms. The number of nitro groups is 1. The number of non-ortho nitro benzene ring substituents is 1. The number of hydrogen-bond acceptors (Lipinski definition) is 4. The number of carboxylic acid groups (broad SMARTS) is 1. The van der Waals surface area contributed by atoms with Crippen molar-refractivity contribution in [2.24, 2.45) is 5.92 Å². The highest BCUT2D eigenvalue weighted by molar-refractivity contribution is 5.71. The van der Waals surface area contributed by atoms with Crippen molar-refractivity contribution < 1.29 is 19.2 Å². The molecule has 0 saturated carbocycles. The van der Waals surface area contributed by atoms with Crippen molar-refractivity contribution in [3.63, 3.8) is 0 Å². The van der Waals surface area contributed by atoms with Gasteiger partial charge in [0, 0.05) is 18.7 Å². The first-order chi connectivity index (χ1) is 9.38. The smallest absolute Gasteiger partial charge is 0.308 e. The lowest BCUT2D eigenvalue weighted by Gasteiger charge is -2.22. The zero-order chi connectivity index (χ0) is 14.9. The Morgan fingerprint density at radius 3 is 2.80 bits per heavy atom. The van der Waals surface area contributed by atoms with E-state index in [-0.39, 0.29) is 11.7 Å². The third-order valence-corrected chi connectivity index (χ3v) is 3.74. The summed E-state index contributed by atoms with van der Waals surface area (Å²) >= 11 is 0. The highest BCUT2D eigenvalue weighted by Gasteiger charge is 2.35. The molecule has 0 spiro atoms. The van der Waals surface area contributed by atoms with Crippen LogP contribution in [0.1, 0.15) is 18.9 Å². The SMILES string of the molecule is CC1C(C(=O)O)CCN1Cc1cc(F)cc([N+](=O)[O-])c1. The highest BCUT2D eigenvalue weighted by atomic mass is 19.1. The summed E-state index contributed by atoms with van der Waals surface area (Å²) in [5, 5.41) is 19.7. The van der Waals surface area contributed by atoms with Gasteiger partial charge in [0.2, 0.25) is 0 Å². The van der Waals surface area contributed by atoms with Gasteiger partial charge < -0.3 is 5.11 Å². The maximum atomic E-state index is 13.3. The maximum Gasteiger partial charge on any atom is 0.308 e. The van der Waals surface area contributed by atoms with Crippen LogP contribution in [-0.4, -0.2) is 33.5 Å². The monoisotopic (exact) mass is 282 g/mol. The lowest BCUT2D eigenvalue weighted by molar-refractivity contribution is -0.385. The summed E-state index contributed by atoms with van der Waals surface area (Å²) in [6.07, 6.45) is 0.536. The van der Waals surface area contributed by atoms with Crippen molar-refractivity contribution in [1.29, 1.82) is 0 Å². The molecule has 1 aromatic rings. The quantitative estimate of drug-likeness (QED) is 0.674. The van der Waals surface area contributed by atoms with Gasteiger partial charge in [-0.05, 0) is 31.5 Å². The Morgan fingerprint density at radius 1 is 1.55 bits per heavy atom. The van der Waals surface area contributed by atoms with Crippen LogP contribution in [0.25, 0.3) is 0 Å². The number of nitro benzene ring substituents is 1. The Hall–Kier alpha value is -2.02. The van der Waals surface area contributed by atoms with Gasteiger partial charge in [-0.2, -0.15) is 0 Å². The van der Waals surface area contributed by atoms with E-state index in [9.17, 15) is 19.3 Å². The topological polar surface area (TPSA) is 83.7 Å². The van der Waals surface area contributed by atoms with Gasteiger partial charge in [0.1, 0.15) is 5.82 Å². The molecule has 2 atom stereocenters. The second-order valence-corrected chi connectivity index (χ2v) is 5.02. The van der Waals surface area contributed by atoms with E-state index in [0.29, 0.717) is 25.1 Å². The van der Waals surface area contributed by atoms with Crippen LogP contribution in [0.2, 0.25) is 0 Å². The summed E-state index contributed by atoms with van der Waals surface area (Å²) in [5.74, 6) is -1.94. The van der Waals surface area contributed by atoms with Crippen molar-refractivity contribution in [3.8, 4) is 0 Å². The van der Waals surface area contributed by atoms with E-state index in [4.69, 9.17) is 5.11 Å². The Morgan fingerprint density at radius 2 is 2.25 bits per heavy atom. The molecule has 0 aliphatic carbocycles. The van der Waals surface area contributed by atoms with Gasteiger partial charge in [0.15, 0.2) is 0 Å².